The van der Waals surface area contributed by atoms with E-state index >= 15 is 0 Å². The highest BCUT2D eigenvalue weighted by atomic mass is 16.1. The van der Waals surface area contributed by atoms with Crippen LogP contribution in [0.3, 0.4) is 0 Å². The van der Waals surface area contributed by atoms with Crippen molar-refractivity contribution in [2.24, 2.45) is 0 Å². The number of aromatic nitrogens is 1. The van der Waals surface area contributed by atoms with Crippen molar-refractivity contribution >= 4 is 10.8 Å². The Morgan fingerprint density at radius 2 is 1.48 bits per heavy atom. The van der Waals surface area contributed by atoms with Crippen LogP contribution in [0.25, 0.3) is 27.7 Å². The SMILES string of the molecule is Cc1ccc(-n2c3c(c4ccccc4c2=O)Cc2ccccc2-3)cc1. The summed E-state index contributed by atoms with van der Waals surface area (Å²) in [5, 5.41) is 1.86. The number of benzene rings is 3. The maximum atomic E-state index is 13.3. The van der Waals surface area contributed by atoms with E-state index in [9.17, 15) is 4.79 Å². The fourth-order valence-electron chi connectivity index (χ4n) is 3.92. The maximum Gasteiger partial charge on any atom is 0.263 e. The monoisotopic (exact) mass is 323 g/mol. The zero-order chi connectivity index (χ0) is 17.0. The highest BCUT2D eigenvalue weighted by Crippen LogP contribution is 2.40. The number of hydrogen-bond acceptors (Lipinski definition) is 1. The van der Waals surface area contributed by atoms with Gasteiger partial charge in [-0.15, -0.1) is 0 Å². The van der Waals surface area contributed by atoms with Gasteiger partial charge in [-0.25, -0.2) is 0 Å². The summed E-state index contributed by atoms with van der Waals surface area (Å²) in [6.45, 7) is 2.06. The highest BCUT2D eigenvalue weighted by Gasteiger charge is 2.26. The predicted molar refractivity (Wildman–Crippen MR) is 103 cm³/mol. The van der Waals surface area contributed by atoms with Gasteiger partial charge >= 0.3 is 0 Å². The van der Waals surface area contributed by atoms with Crippen molar-refractivity contribution in [2.75, 3.05) is 0 Å². The van der Waals surface area contributed by atoms with E-state index in [4.69, 9.17) is 0 Å². The first-order valence-electron chi connectivity index (χ1n) is 8.56. The minimum atomic E-state index is 0.0508. The van der Waals surface area contributed by atoms with Crippen LogP contribution in [-0.4, -0.2) is 4.57 Å². The van der Waals surface area contributed by atoms with Gasteiger partial charge < -0.3 is 0 Å². The summed E-state index contributed by atoms with van der Waals surface area (Å²) >= 11 is 0. The summed E-state index contributed by atoms with van der Waals surface area (Å²) in [7, 11) is 0. The van der Waals surface area contributed by atoms with Gasteiger partial charge in [-0.3, -0.25) is 9.36 Å². The van der Waals surface area contributed by atoms with Crippen LogP contribution in [0.4, 0.5) is 0 Å². The summed E-state index contributed by atoms with van der Waals surface area (Å²) in [6, 6.07) is 24.6. The molecule has 0 amide bonds. The number of pyridine rings is 1. The van der Waals surface area contributed by atoms with Crippen LogP contribution in [0.2, 0.25) is 0 Å². The zero-order valence-corrected chi connectivity index (χ0v) is 14.0. The summed E-state index contributed by atoms with van der Waals surface area (Å²) in [6.07, 6.45) is 0.873. The normalized spacial score (nSPS) is 12.2. The second-order valence-electron chi connectivity index (χ2n) is 6.68. The lowest BCUT2D eigenvalue weighted by molar-refractivity contribution is 1.01. The zero-order valence-electron chi connectivity index (χ0n) is 14.0. The van der Waals surface area contributed by atoms with Crippen LogP contribution in [0.5, 0.6) is 0 Å². The Bertz CT molecular complexity index is 1180. The second-order valence-corrected chi connectivity index (χ2v) is 6.68. The average molecular weight is 323 g/mol. The largest absolute Gasteiger partial charge is 0.276 e. The third-order valence-corrected chi connectivity index (χ3v) is 5.13. The molecule has 2 nitrogen and oxygen atoms in total. The smallest absolute Gasteiger partial charge is 0.263 e. The third-order valence-electron chi connectivity index (χ3n) is 5.13. The first-order valence-corrected chi connectivity index (χ1v) is 8.56. The molecule has 0 bridgehead atoms. The van der Waals surface area contributed by atoms with Gasteiger partial charge in [-0.05, 0) is 41.6 Å². The molecule has 0 fully saturated rings. The predicted octanol–water partition coefficient (Wildman–Crippen LogP) is 4.87. The van der Waals surface area contributed by atoms with E-state index in [0.29, 0.717) is 0 Å². The van der Waals surface area contributed by atoms with Crippen LogP contribution in [0.15, 0.2) is 77.6 Å². The number of nitrogens with zero attached hydrogens (tertiary/aromatic N) is 1. The van der Waals surface area contributed by atoms with Crippen molar-refractivity contribution in [3.8, 4) is 16.9 Å². The van der Waals surface area contributed by atoms with E-state index in [2.05, 4.69) is 43.3 Å². The van der Waals surface area contributed by atoms with Crippen molar-refractivity contribution < 1.29 is 0 Å². The molecule has 5 rings (SSSR count). The van der Waals surface area contributed by atoms with E-state index in [-0.39, 0.29) is 5.56 Å². The Labute approximate surface area is 146 Å². The molecule has 1 heterocycles. The maximum absolute atomic E-state index is 13.3. The number of fused-ring (bicyclic) bond motifs is 5. The van der Waals surface area contributed by atoms with Gasteiger partial charge in [0.15, 0.2) is 0 Å². The van der Waals surface area contributed by atoms with Crippen LogP contribution in [0, 0.1) is 6.92 Å². The van der Waals surface area contributed by atoms with Crippen LogP contribution in [-0.2, 0) is 6.42 Å². The second kappa shape index (κ2) is 5.18. The molecule has 0 saturated carbocycles. The van der Waals surface area contributed by atoms with Crippen LogP contribution < -0.4 is 5.56 Å². The van der Waals surface area contributed by atoms with Crippen molar-refractivity contribution in [2.45, 2.75) is 13.3 Å². The molecule has 0 saturated heterocycles. The minimum Gasteiger partial charge on any atom is -0.276 e. The first-order chi connectivity index (χ1) is 12.2. The Balaban J connectivity index is 1.97. The molecule has 0 N–H and O–H groups in total. The highest BCUT2D eigenvalue weighted by molar-refractivity contribution is 5.93. The molecule has 1 aliphatic carbocycles. The molecule has 3 aromatic carbocycles. The fourth-order valence-corrected chi connectivity index (χ4v) is 3.92. The summed E-state index contributed by atoms with van der Waals surface area (Å²) in [5.74, 6) is 0. The van der Waals surface area contributed by atoms with Crippen molar-refractivity contribution in [3.05, 3.63) is 99.8 Å². The first kappa shape index (κ1) is 14.2. The molecule has 0 aliphatic heterocycles. The van der Waals surface area contributed by atoms with E-state index in [1.54, 1.807) is 0 Å². The minimum absolute atomic E-state index is 0.0508. The molecule has 120 valence electrons. The number of hydrogen-bond donors (Lipinski definition) is 0. The molecular weight excluding hydrogens is 306 g/mol. The molecule has 0 radical (unpaired) electrons. The Morgan fingerprint density at radius 1 is 0.800 bits per heavy atom. The summed E-state index contributed by atoms with van der Waals surface area (Å²) < 4.78 is 1.89. The summed E-state index contributed by atoms with van der Waals surface area (Å²) in [4.78, 5) is 13.3. The van der Waals surface area contributed by atoms with Gasteiger partial charge in [0.2, 0.25) is 0 Å². The molecule has 1 aromatic heterocycles. The molecule has 1 aliphatic rings. The van der Waals surface area contributed by atoms with Gasteiger partial charge in [0.25, 0.3) is 5.56 Å². The number of aryl methyl sites for hydroxylation is 1. The summed E-state index contributed by atoms with van der Waals surface area (Å²) in [5.41, 5.74) is 6.91. The van der Waals surface area contributed by atoms with E-state index < -0.39 is 0 Å². The Hall–Kier alpha value is -3.13. The molecule has 0 atom stereocenters. The van der Waals surface area contributed by atoms with Gasteiger partial charge in [-0.2, -0.15) is 0 Å². The molecular formula is C23H17NO. The van der Waals surface area contributed by atoms with E-state index in [1.165, 1.54) is 22.3 Å². The average Bonchev–Trinajstić information content (AvgIpc) is 3.03. The van der Waals surface area contributed by atoms with E-state index in [1.807, 2.05) is 41.0 Å². The molecule has 2 heteroatoms. The van der Waals surface area contributed by atoms with Gasteiger partial charge in [0.1, 0.15) is 0 Å². The van der Waals surface area contributed by atoms with Crippen molar-refractivity contribution in [1.29, 1.82) is 0 Å². The van der Waals surface area contributed by atoms with Crippen molar-refractivity contribution in [3.63, 3.8) is 0 Å². The Morgan fingerprint density at radius 3 is 2.28 bits per heavy atom. The molecule has 0 spiro atoms. The molecule has 4 aromatic rings. The third kappa shape index (κ3) is 2.01. The van der Waals surface area contributed by atoms with E-state index in [0.717, 1.165) is 28.6 Å². The fraction of sp³-hybridized carbons (Fsp3) is 0.0870. The molecule has 0 unspecified atom stereocenters. The van der Waals surface area contributed by atoms with Gasteiger partial charge in [0.05, 0.1) is 5.69 Å². The van der Waals surface area contributed by atoms with Crippen LogP contribution in [0.1, 0.15) is 16.7 Å². The number of rotatable bonds is 1. The lowest BCUT2D eigenvalue weighted by atomic mass is 10.0. The van der Waals surface area contributed by atoms with Gasteiger partial charge in [-0.1, -0.05) is 60.2 Å². The topological polar surface area (TPSA) is 22.0 Å². The van der Waals surface area contributed by atoms with Crippen molar-refractivity contribution in [1.82, 2.24) is 4.57 Å². The quantitative estimate of drug-likeness (QED) is 0.431. The standard InChI is InChI=1S/C23H17NO/c1-15-10-12-17(13-11-15)24-22-18-7-3-2-6-16(18)14-21(22)19-8-4-5-9-20(19)23(24)25/h2-13H,14H2,1H3. The van der Waals surface area contributed by atoms with Crippen LogP contribution >= 0.6 is 0 Å². The lowest BCUT2D eigenvalue weighted by Crippen LogP contribution is -2.21. The van der Waals surface area contributed by atoms with Gasteiger partial charge in [0, 0.05) is 23.1 Å². The Kier molecular flexibility index (Phi) is 2.95. The molecule has 25 heavy (non-hydrogen) atoms. The lowest BCUT2D eigenvalue weighted by Gasteiger charge is -2.16.